The predicted molar refractivity (Wildman–Crippen MR) is 128 cm³/mol. The molecular weight excluding hydrogens is 451 g/mol. The number of nitrogens with zero attached hydrogens (tertiary/aromatic N) is 2. The number of hydrogen-bond donors (Lipinski definition) is 2. The van der Waals surface area contributed by atoms with Gasteiger partial charge in [0.15, 0.2) is 0 Å². The molecule has 0 unspecified atom stereocenters. The average Bonchev–Trinajstić information content (AvgIpc) is 2.74. The molecule has 176 valence electrons. The summed E-state index contributed by atoms with van der Waals surface area (Å²) in [6.07, 6.45) is -1.14. The van der Waals surface area contributed by atoms with Crippen LogP contribution in [-0.4, -0.2) is 84.7 Å². The molecule has 0 aliphatic carbocycles. The Kier molecular flexibility index (Phi) is 9.46. The van der Waals surface area contributed by atoms with Gasteiger partial charge in [0.1, 0.15) is 36.9 Å². The van der Waals surface area contributed by atoms with Gasteiger partial charge >= 0.3 is 0 Å². The van der Waals surface area contributed by atoms with Crippen molar-refractivity contribution < 1.29 is 19.7 Å². The number of aliphatic hydroxyl groups excluding tert-OH is 2. The number of halogens is 2. The summed E-state index contributed by atoms with van der Waals surface area (Å²) >= 11 is 11.9. The Balaban J connectivity index is 1.33. The van der Waals surface area contributed by atoms with Crippen LogP contribution < -0.4 is 9.47 Å². The van der Waals surface area contributed by atoms with Gasteiger partial charge in [-0.1, -0.05) is 23.2 Å². The van der Waals surface area contributed by atoms with Crippen molar-refractivity contribution in [1.29, 1.82) is 0 Å². The lowest BCUT2D eigenvalue weighted by atomic mass is 10.2. The monoisotopic (exact) mass is 482 g/mol. The minimum atomic E-state index is -0.571. The number of piperazine rings is 1. The first-order valence-corrected chi connectivity index (χ1v) is 11.6. The second-order valence-electron chi connectivity index (χ2n) is 8.35. The number of ether oxygens (including phenoxy) is 2. The molecule has 1 aliphatic rings. The fourth-order valence-electron chi connectivity index (χ4n) is 3.78. The first-order chi connectivity index (χ1) is 15.3. The first kappa shape index (κ1) is 25.1. The van der Waals surface area contributed by atoms with Crippen LogP contribution in [0.15, 0.2) is 36.4 Å². The third-order valence-electron chi connectivity index (χ3n) is 5.54. The normalized spacial score (nSPS) is 17.2. The maximum atomic E-state index is 10.4. The van der Waals surface area contributed by atoms with E-state index in [2.05, 4.69) is 9.80 Å². The van der Waals surface area contributed by atoms with Crippen molar-refractivity contribution in [3.8, 4) is 11.5 Å². The molecule has 8 heteroatoms. The average molecular weight is 483 g/mol. The molecule has 0 aromatic heterocycles. The van der Waals surface area contributed by atoms with Crippen LogP contribution in [0.1, 0.15) is 11.1 Å². The number of rotatable bonds is 10. The zero-order valence-electron chi connectivity index (χ0n) is 18.6. The first-order valence-electron chi connectivity index (χ1n) is 10.9. The van der Waals surface area contributed by atoms with Gasteiger partial charge in [-0.25, -0.2) is 0 Å². The summed E-state index contributed by atoms with van der Waals surface area (Å²) < 4.78 is 11.5. The van der Waals surface area contributed by atoms with Gasteiger partial charge in [0.25, 0.3) is 0 Å². The summed E-state index contributed by atoms with van der Waals surface area (Å²) in [6.45, 7) is 8.80. The molecule has 1 fully saturated rings. The lowest BCUT2D eigenvalue weighted by Crippen LogP contribution is -2.51. The van der Waals surface area contributed by atoms with Gasteiger partial charge in [-0.3, -0.25) is 9.80 Å². The van der Waals surface area contributed by atoms with E-state index in [1.807, 2.05) is 38.1 Å². The van der Waals surface area contributed by atoms with E-state index in [1.54, 1.807) is 12.1 Å². The van der Waals surface area contributed by atoms with E-state index in [1.165, 1.54) is 0 Å². The van der Waals surface area contributed by atoms with Crippen molar-refractivity contribution in [2.24, 2.45) is 0 Å². The largest absolute Gasteiger partial charge is 0.491 e. The molecular formula is C24H32Cl2N2O4. The summed E-state index contributed by atoms with van der Waals surface area (Å²) in [6, 6.07) is 10.9. The second-order valence-corrected chi connectivity index (χ2v) is 9.22. The van der Waals surface area contributed by atoms with E-state index in [-0.39, 0.29) is 13.2 Å². The van der Waals surface area contributed by atoms with Gasteiger partial charge in [0, 0.05) is 49.3 Å². The van der Waals surface area contributed by atoms with Crippen molar-refractivity contribution in [3.63, 3.8) is 0 Å². The van der Waals surface area contributed by atoms with Crippen LogP contribution in [0.5, 0.6) is 11.5 Å². The molecule has 32 heavy (non-hydrogen) atoms. The van der Waals surface area contributed by atoms with E-state index in [0.717, 1.165) is 48.8 Å². The van der Waals surface area contributed by atoms with Crippen molar-refractivity contribution in [2.45, 2.75) is 26.1 Å². The number of aryl methyl sites for hydroxylation is 2. The highest BCUT2D eigenvalue weighted by molar-refractivity contribution is 6.31. The van der Waals surface area contributed by atoms with Crippen LogP contribution in [0.3, 0.4) is 0 Å². The molecule has 6 nitrogen and oxygen atoms in total. The molecule has 0 spiro atoms. The fourth-order valence-corrected chi connectivity index (χ4v) is 4.23. The summed E-state index contributed by atoms with van der Waals surface area (Å²) in [5.74, 6) is 1.48. The van der Waals surface area contributed by atoms with Gasteiger partial charge in [-0.2, -0.15) is 0 Å². The van der Waals surface area contributed by atoms with E-state index in [4.69, 9.17) is 32.7 Å². The third kappa shape index (κ3) is 7.80. The second kappa shape index (κ2) is 12.1. The molecule has 1 heterocycles. The highest BCUT2D eigenvalue weighted by atomic mass is 35.5. The topological polar surface area (TPSA) is 65.4 Å². The van der Waals surface area contributed by atoms with Crippen LogP contribution in [0.25, 0.3) is 0 Å². The Morgan fingerprint density at radius 2 is 1.12 bits per heavy atom. The molecule has 2 aromatic rings. The lowest BCUT2D eigenvalue weighted by molar-refractivity contribution is 0.0239. The van der Waals surface area contributed by atoms with E-state index >= 15 is 0 Å². The smallest absolute Gasteiger partial charge is 0.122 e. The van der Waals surface area contributed by atoms with Crippen molar-refractivity contribution in [2.75, 3.05) is 52.5 Å². The molecule has 0 saturated carbocycles. The highest BCUT2D eigenvalue weighted by Gasteiger charge is 2.21. The van der Waals surface area contributed by atoms with Crippen LogP contribution in [-0.2, 0) is 0 Å². The zero-order chi connectivity index (χ0) is 23.1. The number of hydrogen-bond acceptors (Lipinski definition) is 6. The molecule has 3 rings (SSSR count). The van der Waals surface area contributed by atoms with E-state index < -0.39 is 12.2 Å². The minimum Gasteiger partial charge on any atom is -0.491 e. The van der Waals surface area contributed by atoms with E-state index in [0.29, 0.717) is 23.1 Å². The number of aliphatic hydroxyl groups is 2. The van der Waals surface area contributed by atoms with Crippen molar-refractivity contribution >= 4 is 23.2 Å². The summed E-state index contributed by atoms with van der Waals surface area (Å²) in [5.41, 5.74) is 1.90. The maximum absolute atomic E-state index is 10.4. The molecule has 0 bridgehead atoms. The van der Waals surface area contributed by atoms with Crippen LogP contribution in [0.4, 0.5) is 0 Å². The Labute approximate surface area is 200 Å². The van der Waals surface area contributed by atoms with Gasteiger partial charge < -0.3 is 19.7 Å². The Morgan fingerprint density at radius 3 is 1.47 bits per heavy atom. The van der Waals surface area contributed by atoms with Crippen LogP contribution >= 0.6 is 23.2 Å². The standard InChI is InChI=1S/C24H32Cl2N2O4/c1-17-11-19(25)3-5-23(17)31-15-21(29)13-27-7-9-28(10-8-27)14-22(30)16-32-24-6-4-20(26)12-18(24)2/h3-6,11-12,21-22,29-30H,7-10,13-16H2,1-2H3/t21-,22-/m0/s1. The fraction of sp³-hybridized carbons (Fsp3) is 0.500. The van der Waals surface area contributed by atoms with Crippen molar-refractivity contribution in [3.05, 3.63) is 57.6 Å². The summed E-state index contributed by atoms with van der Waals surface area (Å²) in [4.78, 5) is 4.44. The van der Waals surface area contributed by atoms with Gasteiger partial charge in [-0.15, -0.1) is 0 Å². The molecule has 1 saturated heterocycles. The quantitative estimate of drug-likeness (QED) is 0.540. The van der Waals surface area contributed by atoms with Crippen LogP contribution in [0, 0.1) is 13.8 Å². The maximum Gasteiger partial charge on any atom is 0.122 e. The molecule has 2 atom stereocenters. The van der Waals surface area contributed by atoms with Gasteiger partial charge in [0.05, 0.1) is 0 Å². The van der Waals surface area contributed by atoms with Crippen molar-refractivity contribution in [1.82, 2.24) is 9.80 Å². The van der Waals surface area contributed by atoms with Crippen LogP contribution in [0.2, 0.25) is 10.0 Å². The summed E-state index contributed by atoms with van der Waals surface area (Å²) in [7, 11) is 0. The van der Waals surface area contributed by atoms with Gasteiger partial charge in [-0.05, 0) is 61.4 Å². The Bertz CT molecular complexity index is 804. The Hall–Kier alpha value is -1.54. The van der Waals surface area contributed by atoms with E-state index in [9.17, 15) is 10.2 Å². The Morgan fingerprint density at radius 1 is 0.750 bits per heavy atom. The SMILES string of the molecule is Cc1cc(Cl)ccc1OC[C@@H](O)CN1CCN(C[C@H](O)COc2ccc(Cl)cc2C)CC1. The molecule has 2 N–H and O–H groups in total. The minimum absolute atomic E-state index is 0.239. The molecule has 0 amide bonds. The third-order valence-corrected chi connectivity index (χ3v) is 6.01. The lowest BCUT2D eigenvalue weighted by Gasteiger charge is -2.36. The highest BCUT2D eigenvalue weighted by Crippen LogP contribution is 2.23. The number of benzene rings is 2. The summed E-state index contributed by atoms with van der Waals surface area (Å²) in [5, 5.41) is 22.1. The molecule has 1 aliphatic heterocycles. The molecule has 2 aromatic carbocycles. The van der Waals surface area contributed by atoms with Gasteiger partial charge in [0.2, 0.25) is 0 Å². The predicted octanol–water partition coefficient (Wildman–Crippen LogP) is 3.41. The number of β-amino-alcohol motifs (C(OH)–C–C–N with tert-alkyl or cyclic N) is 2. The molecule has 0 radical (unpaired) electrons. The zero-order valence-corrected chi connectivity index (χ0v) is 20.1.